The summed E-state index contributed by atoms with van der Waals surface area (Å²) in [5.74, 6) is 0.507. The van der Waals surface area contributed by atoms with E-state index < -0.39 is 0 Å². The van der Waals surface area contributed by atoms with Gasteiger partial charge in [-0.3, -0.25) is 0 Å². The number of likely N-dealkylation sites (tertiary alicyclic amines) is 1. The van der Waals surface area contributed by atoms with Crippen molar-refractivity contribution < 1.29 is 4.74 Å². The van der Waals surface area contributed by atoms with Gasteiger partial charge in [-0.2, -0.15) is 15.0 Å². The number of hydrogen-bond acceptors (Lipinski definition) is 6. The summed E-state index contributed by atoms with van der Waals surface area (Å²) >= 11 is 5.85. The summed E-state index contributed by atoms with van der Waals surface area (Å²) in [5, 5.41) is 0.159. The van der Waals surface area contributed by atoms with Crippen LogP contribution in [0.4, 0.5) is 5.95 Å². The second-order valence-electron chi connectivity index (χ2n) is 5.00. The van der Waals surface area contributed by atoms with E-state index in [1.807, 2.05) is 14.1 Å². The van der Waals surface area contributed by atoms with E-state index in [-0.39, 0.29) is 5.28 Å². The first kappa shape index (κ1) is 14.3. The van der Waals surface area contributed by atoms with Crippen molar-refractivity contribution in [2.45, 2.75) is 25.3 Å². The van der Waals surface area contributed by atoms with Crippen LogP contribution in [0, 0.1) is 0 Å². The third-order valence-electron chi connectivity index (χ3n) is 3.33. The molecule has 7 heteroatoms. The van der Waals surface area contributed by atoms with Gasteiger partial charge in [0, 0.05) is 20.1 Å². The Hall–Kier alpha value is -1.14. The van der Waals surface area contributed by atoms with Crippen LogP contribution < -0.4 is 9.64 Å². The SMILES string of the molecule is CN(C)c1nc(Cl)nc(OCCC2CCCN2C)n1. The molecule has 0 N–H and O–H groups in total. The van der Waals surface area contributed by atoms with Crippen LogP contribution in [-0.4, -0.2) is 60.2 Å². The highest BCUT2D eigenvalue weighted by atomic mass is 35.5. The molecule has 1 aliphatic rings. The van der Waals surface area contributed by atoms with E-state index in [0.717, 1.165) is 6.42 Å². The highest BCUT2D eigenvalue weighted by molar-refractivity contribution is 6.28. The lowest BCUT2D eigenvalue weighted by atomic mass is 10.2. The Morgan fingerprint density at radius 1 is 1.37 bits per heavy atom. The van der Waals surface area contributed by atoms with Gasteiger partial charge in [0.15, 0.2) is 0 Å². The second kappa shape index (κ2) is 6.34. The number of halogens is 1. The molecule has 0 radical (unpaired) electrons. The normalized spacial score (nSPS) is 19.7. The van der Waals surface area contributed by atoms with Crippen molar-refractivity contribution in [3.05, 3.63) is 5.28 Å². The summed E-state index contributed by atoms with van der Waals surface area (Å²) in [4.78, 5) is 16.3. The van der Waals surface area contributed by atoms with Crippen molar-refractivity contribution in [2.24, 2.45) is 0 Å². The number of nitrogens with zero attached hydrogens (tertiary/aromatic N) is 5. The van der Waals surface area contributed by atoms with Crippen LogP contribution in [-0.2, 0) is 0 Å². The van der Waals surface area contributed by atoms with Gasteiger partial charge in [-0.15, -0.1) is 0 Å². The molecular weight excluding hydrogens is 266 g/mol. The summed E-state index contributed by atoms with van der Waals surface area (Å²) in [6.45, 7) is 1.77. The fourth-order valence-electron chi connectivity index (χ4n) is 2.22. The van der Waals surface area contributed by atoms with Gasteiger partial charge in [0.2, 0.25) is 11.2 Å². The molecule has 0 saturated carbocycles. The monoisotopic (exact) mass is 285 g/mol. The highest BCUT2D eigenvalue weighted by Gasteiger charge is 2.20. The van der Waals surface area contributed by atoms with E-state index in [0.29, 0.717) is 24.6 Å². The Morgan fingerprint density at radius 3 is 2.79 bits per heavy atom. The standard InChI is InChI=1S/C12H20ClN5O/c1-17(2)11-14-10(13)15-12(16-11)19-8-6-9-5-4-7-18(9)3/h9H,4-8H2,1-3H3. The number of anilines is 1. The lowest BCUT2D eigenvalue weighted by Crippen LogP contribution is -2.26. The fraction of sp³-hybridized carbons (Fsp3) is 0.750. The van der Waals surface area contributed by atoms with Gasteiger partial charge in [-0.25, -0.2) is 0 Å². The predicted octanol–water partition coefficient (Wildman–Crippen LogP) is 1.45. The molecular formula is C12H20ClN5O. The number of rotatable bonds is 5. The van der Waals surface area contributed by atoms with Crippen molar-refractivity contribution in [2.75, 3.05) is 39.2 Å². The Labute approximate surface area is 118 Å². The molecule has 0 aromatic carbocycles. The molecule has 1 fully saturated rings. The second-order valence-corrected chi connectivity index (χ2v) is 5.33. The van der Waals surface area contributed by atoms with Crippen molar-refractivity contribution in [1.82, 2.24) is 19.9 Å². The number of hydrogen-bond donors (Lipinski definition) is 0. The Kier molecular flexibility index (Phi) is 4.76. The summed E-state index contributed by atoms with van der Waals surface area (Å²) < 4.78 is 5.59. The Morgan fingerprint density at radius 2 is 2.16 bits per heavy atom. The molecule has 0 amide bonds. The number of aromatic nitrogens is 3. The first-order valence-corrected chi connectivity index (χ1v) is 6.86. The predicted molar refractivity (Wildman–Crippen MR) is 74.9 cm³/mol. The van der Waals surface area contributed by atoms with Gasteiger partial charge in [0.25, 0.3) is 0 Å². The van der Waals surface area contributed by atoms with Crippen LogP contribution in [0.2, 0.25) is 5.28 Å². The van der Waals surface area contributed by atoms with Crippen LogP contribution in [0.3, 0.4) is 0 Å². The molecule has 19 heavy (non-hydrogen) atoms. The minimum Gasteiger partial charge on any atom is -0.463 e. The molecule has 1 aromatic rings. The highest BCUT2D eigenvalue weighted by Crippen LogP contribution is 2.18. The smallest absolute Gasteiger partial charge is 0.322 e. The molecule has 1 saturated heterocycles. The van der Waals surface area contributed by atoms with Crippen LogP contribution in [0.5, 0.6) is 6.01 Å². The largest absolute Gasteiger partial charge is 0.463 e. The van der Waals surface area contributed by atoms with E-state index in [1.165, 1.54) is 19.4 Å². The summed E-state index contributed by atoms with van der Waals surface area (Å²) in [6, 6.07) is 0.898. The van der Waals surface area contributed by atoms with Crippen molar-refractivity contribution in [3.63, 3.8) is 0 Å². The van der Waals surface area contributed by atoms with Gasteiger partial charge in [0.1, 0.15) is 0 Å². The molecule has 2 rings (SSSR count). The molecule has 1 aliphatic heterocycles. The van der Waals surface area contributed by atoms with Crippen LogP contribution in [0.25, 0.3) is 0 Å². The van der Waals surface area contributed by atoms with E-state index in [4.69, 9.17) is 16.3 Å². The maximum Gasteiger partial charge on any atom is 0.322 e. The van der Waals surface area contributed by atoms with Gasteiger partial charge in [-0.05, 0) is 44.5 Å². The molecule has 106 valence electrons. The average Bonchev–Trinajstić information content (AvgIpc) is 2.74. The van der Waals surface area contributed by atoms with Crippen LogP contribution in [0.1, 0.15) is 19.3 Å². The summed E-state index contributed by atoms with van der Waals surface area (Å²) in [7, 11) is 5.85. The fourth-order valence-corrected chi connectivity index (χ4v) is 2.36. The minimum atomic E-state index is 0.159. The van der Waals surface area contributed by atoms with Gasteiger partial charge in [0.05, 0.1) is 6.61 Å². The molecule has 1 atom stereocenters. The first-order chi connectivity index (χ1) is 9.06. The quantitative estimate of drug-likeness (QED) is 0.816. The molecule has 0 bridgehead atoms. The van der Waals surface area contributed by atoms with Crippen molar-refractivity contribution >= 4 is 17.5 Å². The van der Waals surface area contributed by atoms with Crippen molar-refractivity contribution in [3.8, 4) is 6.01 Å². The first-order valence-electron chi connectivity index (χ1n) is 6.48. The topological polar surface area (TPSA) is 54.4 Å². The van der Waals surface area contributed by atoms with Crippen LogP contribution >= 0.6 is 11.6 Å². The van der Waals surface area contributed by atoms with Crippen LogP contribution in [0.15, 0.2) is 0 Å². The van der Waals surface area contributed by atoms with Gasteiger partial charge >= 0.3 is 6.01 Å². The van der Waals surface area contributed by atoms with E-state index in [1.54, 1.807) is 4.90 Å². The third-order valence-corrected chi connectivity index (χ3v) is 3.50. The van der Waals surface area contributed by atoms with E-state index in [2.05, 4.69) is 26.9 Å². The Bertz CT molecular complexity index is 429. The lowest BCUT2D eigenvalue weighted by molar-refractivity contribution is 0.223. The zero-order chi connectivity index (χ0) is 13.8. The third kappa shape index (κ3) is 3.91. The number of ether oxygens (including phenoxy) is 1. The zero-order valence-electron chi connectivity index (χ0n) is 11.6. The molecule has 1 aromatic heterocycles. The van der Waals surface area contributed by atoms with Crippen molar-refractivity contribution in [1.29, 1.82) is 0 Å². The van der Waals surface area contributed by atoms with Gasteiger partial charge in [-0.1, -0.05) is 0 Å². The lowest BCUT2D eigenvalue weighted by Gasteiger charge is -2.19. The maximum atomic E-state index is 5.85. The molecule has 1 unspecified atom stereocenters. The molecule has 0 aliphatic carbocycles. The minimum absolute atomic E-state index is 0.159. The van der Waals surface area contributed by atoms with E-state index >= 15 is 0 Å². The molecule has 0 spiro atoms. The Balaban J connectivity index is 1.88. The average molecular weight is 286 g/mol. The maximum absolute atomic E-state index is 5.85. The zero-order valence-corrected chi connectivity index (χ0v) is 12.4. The summed E-state index contributed by atoms with van der Waals surface area (Å²) in [5.41, 5.74) is 0. The van der Waals surface area contributed by atoms with Gasteiger partial charge < -0.3 is 14.5 Å². The molecule has 2 heterocycles. The molecule has 6 nitrogen and oxygen atoms in total. The van der Waals surface area contributed by atoms with E-state index in [9.17, 15) is 0 Å². The summed E-state index contributed by atoms with van der Waals surface area (Å²) in [6.07, 6.45) is 3.49.